The lowest BCUT2D eigenvalue weighted by molar-refractivity contribution is -0.360. The van der Waals surface area contributed by atoms with Crippen LogP contribution >= 0.6 is 0 Å². The van der Waals surface area contributed by atoms with Crippen LogP contribution in [0.4, 0.5) is 30.7 Å². The Morgan fingerprint density at radius 3 is 2.00 bits per heavy atom. The van der Waals surface area contributed by atoms with Crippen LogP contribution in [0.5, 0.6) is 5.88 Å². The van der Waals surface area contributed by atoms with E-state index in [1.807, 2.05) is 0 Å². The Morgan fingerprint density at radius 1 is 1.05 bits per heavy atom. The normalized spacial score (nSPS) is 14.1. The van der Waals surface area contributed by atoms with Crippen molar-refractivity contribution in [3.05, 3.63) is 23.9 Å². The highest BCUT2D eigenvalue weighted by Crippen LogP contribution is 2.51. The molecule has 0 spiro atoms. The number of pyridine rings is 1. The summed E-state index contributed by atoms with van der Waals surface area (Å²) in [5, 5.41) is 0. The minimum atomic E-state index is -6.52. The molecule has 21 heavy (non-hydrogen) atoms. The fourth-order valence-corrected chi connectivity index (χ4v) is 1.53. The lowest BCUT2D eigenvalue weighted by atomic mass is 10.1. The highest BCUT2D eigenvalue weighted by atomic mass is 32.2. The third-order valence-electron chi connectivity index (χ3n) is 2.03. The Kier molecular flexibility index (Phi) is 4.16. The molecular weight excluding hydrogens is 335 g/mol. The molecule has 0 aliphatic rings. The molecule has 0 radical (unpaired) electrons. The monoisotopic (exact) mass is 341 g/mol. The molecule has 0 amide bonds. The van der Waals surface area contributed by atoms with Crippen molar-refractivity contribution in [3.8, 4) is 5.88 Å². The zero-order valence-electron chi connectivity index (χ0n) is 9.96. The van der Waals surface area contributed by atoms with Gasteiger partial charge in [-0.2, -0.15) is 39.2 Å². The van der Waals surface area contributed by atoms with Crippen LogP contribution in [0.15, 0.2) is 18.2 Å². The van der Waals surface area contributed by atoms with Crippen LogP contribution in [0, 0.1) is 0 Å². The Balaban J connectivity index is 3.30. The van der Waals surface area contributed by atoms with Gasteiger partial charge in [0, 0.05) is 6.07 Å². The maximum atomic E-state index is 13.3. The average molecular weight is 341 g/mol. The second-order valence-corrected chi connectivity index (χ2v) is 5.37. The standard InChI is InChI=1S/C9H6F7NO3S/c1-21(18,19)20-6-4-2-3-5(17-6)7(10,11)8(12,13)9(14,15)16/h2-4H,1H3. The van der Waals surface area contributed by atoms with Gasteiger partial charge in [0.25, 0.3) is 0 Å². The molecule has 4 nitrogen and oxygen atoms in total. The van der Waals surface area contributed by atoms with Crippen LogP contribution in [0.25, 0.3) is 0 Å². The molecule has 0 aliphatic heterocycles. The van der Waals surface area contributed by atoms with Crippen molar-refractivity contribution in [2.24, 2.45) is 0 Å². The van der Waals surface area contributed by atoms with Gasteiger partial charge in [0.2, 0.25) is 5.88 Å². The molecule has 1 heterocycles. The van der Waals surface area contributed by atoms with Gasteiger partial charge in [-0.25, -0.2) is 4.98 Å². The number of hydrogen-bond acceptors (Lipinski definition) is 4. The van der Waals surface area contributed by atoms with E-state index in [-0.39, 0.29) is 6.07 Å². The quantitative estimate of drug-likeness (QED) is 0.624. The van der Waals surface area contributed by atoms with Gasteiger partial charge in [-0.15, -0.1) is 0 Å². The largest absolute Gasteiger partial charge is 0.460 e. The minimum Gasteiger partial charge on any atom is -0.362 e. The zero-order valence-corrected chi connectivity index (χ0v) is 10.8. The number of rotatable bonds is 4. The summed E-state index contributed by atoms with van der Waals surface area (Å²) in [6.45, 7) is 0. The lowest BCUT2D eigenvalue weighted by Crippen LogP contribution is -2.50. The number of halogens is 7. The van der Waals surface area contributed by atoms with E-state index >= 15 is 0 Å². The van der Waals surface area contributed by atoms with Gasteiger partial charge < -0.3 is 4.18 Å². The molecule has 0 N–H and O–H groups in total. The Hall–Kier alpha value is -1.59. The van der Waals surface area contributed by atoms with E-state index in [9.17, 15) is 39.2 Å². The number of hydrogen-bond donors (Lipinski definition) is 0. The van der Waals surface area contributed by atoms with E-state index in [1.165, 1.54) is 0 Å². The van der Waals surface area contributed by atoms with Gasteiger partial charge in [0.15, 0.2) is 0 Å². The molecule has 1 aromatic rings. The predicted molar refractivity (Wildman–Crippen MR) is 54.6 cm³/mol. The van der Waals surface area contributed by atoms with Crippen LogP contribution < -0.4 is 4.18 Å². The first-order chi connectivity index (χ1) is 9.18. The van der Waals surface area contributed by atoms with Gasteiger partial charge in [-0.3, -0.25) is 0 Å². The van der Waals surface area contributed by atoms with Crippen LogP contribution in [-0.2, 0) is 16.0 Å². The zero-order chi connectivity index (χ0) is 16.7. The topological polar surface area (TPSA) is 56.3 Å². The van der Waals surface area contributed by atoms with E-state index in [2.05, 4.69) is 9.17 Å². The summed E-state index contributed by atoms with van der Waals surface area (Å²) in [4.78, 5) is 2.68. The minimum absolute atomic E-state index is 0.189. The predicted octanol–water partition coefficient (Wildman–Crippen LogP) is 2.71. The molecule has 1 aromatic heterocycles. The molecule has 0 aliphatic carbocycles. The van der Waals surface area contributed by atoms with E-state index in [0.717, 1.165) is 0 Å². The summed E-state index contributed by atoms with van der Waals surface area (Å²) >= 11 is 0. The summed E-state index contributed by atoms with van der Waals surface area (Å²) < 4.78 is 114. The van der Waals surface area contributed by atoms with Gasteiger partial charge in [-0.05, 0) is 6.07 Å². The summed E-state index contributed by atoms with van der Waals surface area (Å²) in [5.74, 6) is -13.2. The van der Waals surface area contributed by atoms with Crippen molar-refractivity contribution >= 4 is 10.1 Å². The third-order valence-corrected chi connectivity index (χ3v) is 2.51. The first-order valence-electron chi connectivity index (χ1n) is 4.88. The SMILES string of the molecule is CS(=O)(=O)Oc1cccc(C(F)(F)C(F)(F)C(F)(F)F)n1. The molecule has 0 fully saturated rings. The van der Waals surface area contributed by atoms with E-state index in [1.54, 1.807) is 0 Å². The molecule has 0 atom stereocenters. The fraction of sp³-hybridized carbons (Fsp3) is 0.444. The Labute approximate surface area is 113 Å². The number of nitrogens with zero attached hydrogens (tertiary/aromatic N) is 1. The molecule has 0 bridgehead atoms. The van der Waals surface area contributed by atoms with Crippen molar-refractivity contribution < 1.29 is 43.3 Å². The maximum absolute atomic E-state index is 13.3. The first-order valence-corrected chi connectivity index (χ1v) is 6.69. The maximum Gasteiger partial charge on any atom is 0.460 e. The lowest BCUT2D eigenvalue weighted by Gasteiger charge is -2.27. The molecular formula is C9H6F7NO3S. The van der Waals surface area contributed by atoms with Crippen LogP contribution in [0.2, 0.25) is 0 Å². The van der Waals surface area contributed by atoms with Crippen molar-refractivity contribution in [3.63, 3.8) is 0 Å². The van der Waals surface area contributed by atoms with Gasteiger partial charge >= 0.3 is 28.1 Å². The molecule has 120 valence electrons. The van der Waals surface area contributed by atoms with E-state index < -0.39 is 39.7 Å². The average Bonchev–Trinajstić information content (AvgIpc) is 2.25. The second-order valence-electron chi connectivity index (χ2n) is 3.80. The fourth-order valence-electron chi connectivity index (χ4n) is 1.13. The van der Waals surface area contributed by atoms with Crippen molar-refractivity contribution in [1.29, 1.82) is 0 Å². The van der Waals surface area contributed by atoms with Crippen LogP contribution in [0.1, 0.15) is 5.69 Å². The van der Waals surface area contributed by atoms with Crippen LogP contribution in [0.3, 0.4) is 0 Å². The Bertz CT molecular complexity index is 626. The third kappa shape index (κ3) is 3.54. The molecule has 1 rings (SSSR count). The summed E-state index contributed by atoms with van der Waals surface area (Å²) in [7, 11) is -4.22. The highest BCUT2D eigenvalue weighted by molar-refractivity contribution is 7.86. The van der Waals surface area contributed by atoms with Crippen molar-refractivity contribution in [2.45, 2.75) is 18.0 Å². The number of aromatic nitrogens is 1. The molecule has 0 unspecified atom stereocenters. The number of alkyl halides is 7. The van der Waals surface area contributed by atoms with Crippen molar-refractivity contribution in [1.82, 2.24) is 4.98 Å². The van der Waals surface area contributed by atoms with E-state index in [0.29, 0.717) is 18.4 Å². The first kappa shape index (κ1) is 17.5. The summed E-state index contributed by atoms with van der Waals surface area (Å²) in [5.41, 5.74) is -1.98. The molecule has 0 aromatic carbocycles. The van der Waals surface area contributed by atoms with Crippen molar-refractivity contribution in [2.75, 3.05) is 6.26 Å². The van der Waals surface area contributed by atoms with Gasteiger partial charge in [0.05, 0.1) is 6.26 Å². The van der Waals surface area contributed by atoms with Crippen LogP contribution in [-0.4, -0.2) is 31.8 Å². The summed E-state index contributed by atoms with van der Waals surface area (Å²) in [6, 6.07) is 1.49. The molecule has 12 heteroatoms. The van der Waals surface area contributed by atoms with Gasteiger partial charge in [-0.1, -0.05) is 6.07 Å². The summed E-state index contributed by atoms with van der Waals surface area (Å²) in [6.07, 6.45) is -6.02. The van der Waals surface area contributed by atoms with Gasteiger partial charge in [0.1, 0.15) is 5.69 Å². The highest BCUT2D eigenvalue weighted by Gasteiger charge is 2.74. The second kappa shape index (κ2) is 5.00. The smallest absolute Gasteiger partial charge is 0.362 e. The molecule has 0 saturated carbocycles. The Morgan fingerprint density at radius 2 is 1.57 bits per heavy atom. The van der Waals surface area contributed by atoms with E-state index in [4.69, 9.17) is 0 Å². The molecule has 0 saturated heterocycles.